The number of rotatable bonds is 6. The highest BCUT2D eigenvalue weighted by molar-refractivity contribution is 5.90. The summed E-state index contributed by atoms with van der Waals surface area (Å²) in [4.78, 5) is 25.1. The molecule has 1 atom stereocenters. The molecule has 1 unspecified atom stereocenters. The van der Waals surface area contributed by atoms with Crippen LogP contribution in [0.5, 0.6) is 5.75 Å². The van der Waals surface area contributed by atoms with Gasteiger partial charge in [-0.2, -0.15) is 0 Å². The van der Waals surface area contributed by atoms with E-state index in [2.05, 4.69) is 19.2 Å². The summed E-state index contributed by atoms with van der Waals surface area (Å²) >= 11 is 0. The first kappa shape index (κ1) is 19.1. The molecule has 1 saturated heterocycles. The summed E-state index contributed by atoms with van der Waals surface area (Å²) in [6.07, 6.45) is 2.31. The minimum absolute atomic E-state index is 0.255. The number of carbonyl (C=O) groups excluding carboxylic acids is 1. The third-order valence-corrected chi connectivity index (χ3v) is 4.45. The number of likely N-dealkylation sites (tertiary alicyclic amines) is 1. The van der Waals surface area contributed by atoms with E-state index < -0.39 is 11.9 Å². The molecule has 2 rings (SSSR count). The van der Waals surface area contributed by atoms with Crippen LogP contribution < -0.4 is 10.1 Å². The topological polar surface area (TPSA) is 78.9 Å². The fourth-order valence-electron chi connectivity index (χ4n) is 2.80. The minimum Gasteiger partial charge on any atom is -0.493 e. The molecule has 1 fully saturated rings. The van der Waals surface area contributed by atoms with Crippen LogP contribution in [0, 0.1) is 18.8 Å². The quantitative estimate of drug-likeness (QED) is 0.821. The zero-order valence-corrected chi connectivity index (χ0v) is 15.2. The van der Waals surface area contributed by atoms with Gasteiger partial charge in [0.25, 0.3) is 0 Å². The van der Waals surface area contributed by atoms with Crippen LogP contribution in [0.2, 0.25) is 0 Å². The van der Waals surface area contributed by atoms with E-state index in [1.807, 2.05) is 25.1 Å². The van der Waals surface area contributed by atoms with E-state index in [1.54, 1.807) is 4.90 Å². The molecular weight excluding hydrogens is 320 g/mol. The average molecular weight is 348 g/mol. The van der Waals surface area contributed by atoms with Crippen molar-refractivity contribution in [3.05, 3.63) is 23.8 Å². The zero-order chi connectivity index (χ0) is 18.4. The SMILES string of the molecule is Cc1ccc(NC(=O)N2CCCC(C(=O)O)C2)cc1OCCC(C)C. The van der Waals surface area contributed by atoms with Crippen LogP contribution in [-0.2, 0) is 4.79 Å². The standard InChI is InChI=1S/C19H28N2O4/c1-13(2)8-10-25-17-11-16(7-6-14(17)3)20-19(24)21-9-4-5-15(12-21)18(22)23/h6-7,11,13,15H,4-5,8-10,12H2,1-3H3,(H,20,24)(H,22,23). The molecule has 2 N–H and O–H groups in total. The van der Waals surface area contributed by atoms with Crippen molar-refractivity contribution in [2.24, 2.45) is 11.8 Å². The Morgan fingerprint density at radius 3 is 2.84 bits per heavy atom. The van der Waals surface area contributed by atoms with Gasteiger partial charge in [-0.3, -0.25) is 4.79 Å². The summed E-state index contributed by atoms with van der Waals surface area (Å²) in [6.45, 7) is 7.75. The van der Waals surface area contributed by atoms with E-state index in [0.29, 0.717) is 37.6 Å². The van der Waals surface area contributed by atoms with Crippen LogP contribution in [0.4, 0.5) is 10.5 Å². The molecule has 1 heterocycles. The Morgan fingerprint density at radius 1 is 1.40 bits per heavy atom. The van der Waals surface area contributed by atoms with Crippen LogP contribution in [0.15, 0.2) is 18.2 Å². The van der Waals surface area contributed by atoms with Gasteiger partial charge in [-0.05, 0) is 43.7 Å². The second kappa shape index (κ2) is 8.74. The van der Waals surface area contributed by atoms with Gasteiger partial charge in [0.2, 0.25) is 0 Å². The molecule has 1 aliphatic heterocycles. The number of aryl methyl sites for hydroxylation is 1. The molecule has 0 radical (unpaired) electrons. The van der Waals surface area contributed by atoms with Crippen molar-refractivity contribution >= 4 is 17.7 Å². The molecule has 0 bridgehead atoms. The van der Waals surface area contributed by atoms with Crippen LogP contribution in [-0.4, -0.2) is 41.7 Å². The molecule has 1 aromatic carbocycles. The molecule has 0 spiro atoms. The molecule has 0 aromatic heterocycles. The molecule has 6 heteroatoms. The maximum atomic E-state index is 12.4. The summed E-state index contributed by atoms with van der Waals surface area (Å²) in [5.41, 5.74) is 1.68. The summed E-state index contributed by atoms with van der Waals surface area (Å²) < 4.78 is 5.82. The number of nitrogens with zero attached hydrogens (tertiary/aromatic N) is 1. The molecule has 0 saturated carbocycles. The number of aliphatic carboxylic acids is 1. The van der Waals surface area contributed by atoms with Crippen molar-refractivity contribution in [2.45, 2.75) is 40.0 Å². The van der Waals surface area contributed by atoms with Crippen molar-refractivity contribution in [3.8, 4) is 5.75 Å². The number of carboxylic acids is 1. The molecule has 1 aliphatic rings. The number of ether oxygens (including phenoxy) is 1. The van der Waals surface area contributed by atoms with Crippen molar-refractivity contribution in [2.75, 3.05) is 25.0 Å². The summed E-state index contributed by atoms with van der Waals surface area (Å²) in [5, 5.41) is 12.0. The highest BCUT2D eigenvalue weighted by Crippen LogP contribution is 2.24. The number of urea groups is 1. The Balaban J connectivity index is 1.97. The highest BCUT2D eigenvalue weighted by Gasteiger charge is 2.28. The average Bonchev–Trinajstić information content (AvgIpc) is 2.57. The molecule has 25 heavy (non-hydrogen) atoms. The summed E-state index contributed by atoms with van der Waals surface area (Å²) in [6, 6.07) is 5.31. The fraction of sp³-hybridized carbons (Fsp3) is 0.579. The maximum absolute atomic E-state index is 12.4. The monoisotopic (exact) mass is 348 g/mol. The first-order valence-electron chi connectivity index (χ1n) is 8.89. The fourth-order valence-corrected chi connectivity index (χ4v) is 2.80. The van der Waals surface area contributed by atoms with Gasteiger partial charge in [-0.15, -0.1) is 0 Å². The van der Waals surface area contributed by atoms with Gasteiger partial charge in [-0.25, -0.2) is 4.79 Å². The molecule has 138 valence electrons. The second-order valence-electron chi connectivity index (χ2n) is 7.06. The number of piperidine rings is 1. The Kier molecular flexibility index (Phi) is 6.67. The smallest absolute Gasteiger partial charge is 0.321 e. The largest absolute Gasteiger partial charge is 0.493 e. The van der Waals surface area contributed by atoms with Crippen molar-refractivity contribution in [1.29, 1.82) is 0 Å². The van der Waals surface area contributed by atoms with Crippen LogP contribution in [0.1, 0.15) is 38.7 Å². The van der Waals surface area contributed by atoms with E-state index in [0.717, 1.165) is 17.7 Å². The predicted molar refractivity (Wildman–Crippen MR) is 97.1 cm³/mol. The van der Waals surface area contributed by atoms with Gasteiger partial charge >= 0.3 is 12.0 Å². The van der Waals surface area contributed by atoms with E-state index in [-0.39, 0.29) is 12.6 Å². The van der Waals surface area contributed by atoms with Gasteiger partial charge < -0.3 is 20.1 Å². The Morgan fingerprint density at radius 2 is 2.16 bits per heavy atom. The van der Waals surface area contributed by atoms with Gasteiger partial charge in [0.1, 0.15) is 5.75 Å². The van der Waals surface area contributed by atoms with Gasteiger partial charge in [-0.1, -0.05) is 19.9 Å². The second-order valence-corrected chi connectivity index (χ2v) is 7.06. The van der Waals surface area contributed by atoms with E-state index >= 15 is 0 Å². The van der Waals surface area contributed by atoms with Crippen molar-refractivity contribution in [3.63, 3.8) is 0 Å². The van der Waals surface area contributed by atoms with Crippen LogP contribution in [0.3, 0.4) is 0 Å². The molecule has 0 aliphatic carbocycles. The summed E-state index contributed by atoms with van der Waals surface area (Å²) in [5.74, 6) is 0.0195. The zero-order valence-electron chi connectivity index (χ0n) is 15.2. The number of hydrogen-bond donors (Lipinski definition) is 2. The lowest BCUT2D eigenvalue weighted by atomic mass is 9.99. The van der Waals surface area contributed by atoms with E-state index in [1.165, 1.54) is 0 Å². The maximum Gasteiger partial charge on any atom is 0.321 e. The number of hydrogen-bond acceptors (Lipinski definition) is 3. The lowest BCUT2D eigenvalue weighted by Gasteiger charge is -2.30. The number of carboxylic acid groups (broad SMARTS) is 1. The third kappa shape index (κ3) is 5.66. The van der Waals surface area contributed by atoms with Gasteiger partial charge in [0, 0.05) is 24.8 Å². The Bertz CT molecular complexity index is 615. The molecule has 6 nitrogen and oxygen atoms in total. The number of anilines is 1. The number of benzene rings is 1. The van der Waals surface area contributed by atoms with Crippen molar-refractivity contribution < 1.29 is 19.4 Å². The number of amides is 2. The minimum atomic E-state index is -0.839. The molecular formula is C19H28N2O4. The molecule has 2 amide bonds. The van der Waals surface area contributed by atoms with E-state index in [4.69, 9.17) is 9.84 Å². The van der Waals surface area contributed by atoms with Gasteiger partial charge in [0.05, 0.1) is 12.5 Å². The van der Waals surface area contributed by atoms with Crippen LogP contribution >= 0.6 is 0 Å². The normalized spacial score (nSPS) is 17.4. The summed E-state index contributed by atoms with van der Waals surface area (Å²) in [7, 11) is 0. The lowest BCUT2D eigenvalue weighted by molar-refractivity contribution is -0.143. The van der Waals surface area contributed by atoms with Crippen molar-refractivity contribution in [1.82, 2.24) is 4.90 Å². The third-order valence-electron chi connectivity index (χ3n) is 4.45. The van der Waals surface area contributed by atoms with Crippen LogP contribution in [0.25, 0.3) is 0 Å². The van der Waals surface area contributed by atoms with Gasteiger partial charge in [0.15, 0.2) is 0 Å². The molecule has 1 aromatic rings. The lowest BCUT2D eigenvalue weighted by Crippen LogP contribution is -2.44. The number of nitrogens with one attached hydrogen (secondary N) is 1. The Labute approximate surface area is 149 Å². The highest BCUT2D eigenvalue weighted by atomic mass is 16.5. The first-order chi connectivity index (χ1) is 11.9. The predicted octanol–water partition coefficient (Wildman–Crippen LogP) is 3.75. The number of carbonyl (C=O) groups is 2. The Hall–Kier alpha value is -2.24. The van der Waals surface area contributed by atoms with E-state index in [9.17, 15) is 9.59 Å². The first-order valence-corrected chi connectivity index (χ1v) is 8.89.